The van der Waals surface area contributed by atoms with Crippen LogP contribution in [0.2, 0.25) is 0 Å². The van der Waals surface area contributed by atoms with Gasteiger partial charge in [-0.05, 0) is 35.5 Å². The van der Waals surface area contributed by atoms with Gasteiger partial charge in [-0.15, -0.1) is 0 Å². The molecule has 1 aliphatic heterocycles. The molecular formula is C18H18N4O4S. The Bertz CT molecular complexity index is 879. The molecule has 1 aliphatic rings. The van der Waals surface area contributed by atoms with Crippen LogP contribution < -0.4 is 10.1 Å². The van der Waals surface area contributed by atoms with Crippen LogP contribution in [0.4, 0.5) is 4.79 Å². The predicted molar refractivity (Wildman–Crippen MR) is 101 cm³/mol. The highest BCUT2D eigenvalue weighted by atomic mass is 32.2. The van der Waals surface area contributed by atoms with Crippen molar-refractivity contribution in [2.24, 2.45) is 0 Å². The van der Waals surface area contributed by atoms with Gasteiger partial charge in [0.15, 0.2) is 0 Å². The summed E-state index contributed by atoms with van der Waals surface area (Å²) >= 11 is 0.818. The minimum Gasteiger partial charge on any atom is -0.497 e. The largest absolute Gasteiger partial charge is 0.497 e. The molecule has 1 fully saturated rings. The summed E-state index contributed by atoms with van der Waals surface area (Å²) in [5.74, 6) is -0.212. The molecule has 3 amide bonds. The van der Waals surface area contributed by atoms with Crippen LogP contribution in [0, 0.1) is 0 Å². The third kappa shape index (κ3) is 4.76. The molecule has 0 bridgehead atoms. The summed E-state index contributed by atoms with van der Waals surface area (Å²) in [5, 5.41) is 2.23. The van der Waals surface area contributed by atoms with Crippen molar-refractivity contribution in [3.63, 3.8) is 0 Å². The monoisotopic (exact) mass is 386 g/mol. The number of rotatable bonds is 7. The first-order valence-corrected chi connectivity index (χ1v) is 9.02. The summed E-state index contributed by atoms with van der Waals surface area (Å²) in [7, 11) is 1.55. The van der Waals surface area contributed by atoms with Crippen LogP contribution in [0.25, 0.3) is 6.08 Å². The van der Waals surface area contributed by atoms with Gasteiger partial charge in [0.1, 0.15) is 12.3 Å². The van der Waals surface area contributed by atoms with E-state index in [0.29, 0.717) is 18.7 Å². The lowest BCUT2D eigenvalue weighted by molar-refractivity contribution is -0.129. The zero-order valence-corrected chi connectivity index (χ0v) is 15.4. The Kier molecular flexibility index (Phi) is 5.92. The highest BCUT2D eigenvalue weighted by Crippen LogP contribution is 2.32. The number of ether oxygens (including phenoxy) is 1. The van der Waals surface area contributed by atoms with Gasteiger partial charge in [0.25, 0.3) is 11.1 Å². The van der Waals surface area contributed by atoms with Crippen molar-refractivity contribution in [2.75, 3.05) is 20.2 Å². The number of H-pyrrole nitrogens is 1. The number of benzene rings is 1. The molecule has 0 atom stereocenters. The van der Waals surface area contributed by atoms with Crippen LogP contribution in [0.15, 0.2) is 41.7 Å². The van der Waals surface area contributed by atoms with Gasteiger partial charge in [-0.25, -0.2) is 4.98 Å². The van der Waals surface area contributed by atoms with Gasteiger partial charge in [0, 0.05) is 24.9 Å². The number of aromatic amines is 1. The Morgan fingerprint density at radius 2 is 2.26 bits per heavy atom. The molecule has 140 valence electrons. The molecule has 3 rings (SSSR count). The fourth-order valence-electron chi connectivity index (χ4n) is 2.48. The fourth-order valence-corrected chi connectivity index (χ4v) is 3.31. The van der Waals surface area contributed by atoms with E-state index in [1.807, 2.05) is 0 Å². The molecule has 0 radical (unpaired) electrons. The lowest BCUT2D eigenvalue weighted by Crippen LogP contribution is -2.40. The van der Waals surface area contributed by atoms with Crippen molar-refractivity contribution in [3.8, 4) is 5.75 Å². The van der Waals surface area contributed by atoms with E-state index in [2.05, 4.69) is 15.3 Å². The maximum atomic E-state index is 12.5. The SMILES string of the molecule is COc1cccc(C=C2SC(=O)N(CC(=O)NCCc3cnc[nH]3)C2=O)c1. The summed E-state index contributed by atoms with van der Waals surface area (Å²) in [6.45, 7) is 0.0833. The summed E-state index contributed by atoms with van der Waals surface area (Å²) < 4.78 is 5.15. The van der Waals surface area contributed by atoms with E-state index in [1.165, 1.54) is 0 Å². The maximum absolute atomic E-state index is 12.5. The summed E-state index contributed by atoms with van der Waals surface area (Å²) in [6, 6.07) is 7.15. The van der Waals surface area contributed by atoms with Crippen LogP contribution in [-0.4, -0.2) is 52.1 Å². The number of methoxy groups -OCH3 is 1. The molecule has 2 heterocycles. The lowest BCUT2D eigenvalue weighted by atomic mass is 10.2. The summed E-state index contributed by atoms with van der Waals surface area (Å²) in [6.07, 6.45) is 5.44. The standard InChI is InChI=1S/C18H18N4O4S/c1-26-14-4-2-3-12(7-14)8-15-17(24)22(18(25)27-15)10-16(23)20-6-5-13-9-19-11-21-13/h2-4,7-9,11H,5-6,10H2,1H3,(H,19,21)(H,20,23). The number of carbonyl (C=O) groups excluding carboxylic acids is 3. The van der Waals surface area contributed by atoms with Gasteiger partial charge >= 0.3 is 0 Å². The minimum absolute atomic E-state index is 0.276. The quantitative estimate of drug-likeness (QED) is 0.704. The number of aromatic nitrogens is 2. The second-order valence-corrected chi connectivity index (χ2v) is 6.71. The van der Waals surface area contributed by atoms with Gasteiger partial charge in [0.05, 0.1) is 18.3 Å². The summed E-state index contributed by atoms with van der Waals surface area (Å²) in [4.78, 5) is 44.7. The topological polar surface area (TPSA) is 104 Å². The molecule has 2 aromatic rings. The van der Waals surface area contributed by atoms with Crippen molar-refractivity contribution in [2.45, 2.75) is 6.42 Å². The van der Waals surface area contributed by atoms with Gasteiger partial charge in [-0.2, -0.15) is 0 Å². The molecule has 0 aliphatic carbocycles. The molecule has 9 heteroatoms. The average molecular weight is 386 g/mol. The van der Waals surface area contributed by atoms with E-state index in [0.717, 1.165) is 27.9 Å². The molecule has 1 aromatic carbocycles. The lowest BCUT2D eigenvalue weighted by Gasteiger charge is -2.12. The number of amides is 3. The first kappa shape index (κ1) is 18.7. The smallest absolute Gasteiger partial charge is 0.294 e. The van der Waals surface area contributed by atoms with Crippen molar-refractivity contribution >= 4 is 34.9 Å². The van der Waals surface area contributed by atoms with Crippen LogP contribution in [0.1, 0.15) is 11.3 Å². The van der Waals surface area contributed by atoms with Gasteiger partial charge in [-0.1, -0.05) is 12.1 Å². The molecule has 2 N–H and O–H groups in total. The first-order valence-electron chi connectivity index (χ1n) is 8.20. The zero-order chi connectivity index (χ0) is 19.2. The number of nitrogens with one attached hydrogen (secondary N) is 2. The van der Waals surface area contributed by atoms with Gasteiger partial charge in [-0.3, -0.25) is 19.3 Å². The number of hydrogen-bond acceptors (Lipinski definition) is 6. The van der Waals surface area contributed by atoms with Crippen LogP contribution in [0.5, 0.6) is 5.75 Å². The second-order valence-electron chi connectivity index (χ2n) is 5.72. The Morgan fingerprint density at radius 3 is 3.00 bits per heavy atom. The average Bonchev–Trinajstić information content (AvgIpc) is 3.26. The molecular weight excluding hydrogens is 368 g/mol. The number of imide groups is 1. The van der Waals surface area contributed by atoms with Crippen LogP contribution >= 0.6 is 11.8 Å². The minimum atomic E-state index is -0.475. The Morgan fingerprint density at radius 1 is 1.41 bits per heavy atom. The molecule has 0 unspecified atom stereocenters. The number of hydrogen-bond donors (Lipinski definition) is 2. The van der Waals surface area contributed by atoms with Crippen LogP contribution in [0.3, 0.4) is 0 Å². The number of carbonyl (C=O) groups is 3. The third-order valence-electron chi connectivity index (χ3n) is 3.84. The Hall–Kier alpha value is -3.07. The number of nitrogens with zero attached hydrogens (tertiary/aromatic N) is 2. The van der Waals surface area contributed by atoms with Crippen LogP contribution in [-0.2, 0) is 16.0 Å². The molecule has 27 heavy (non-hydrogen) atoms. The van der Waals surface area contributed by atoms with Crippen molar-refractivity contribution in [1.29, 1.82) is 0 Å². The second kappa shape index (κ2) is 8.54. The predicted octanol–water partition coefficient (Wildman–Crippen LogP) is 1.81. The Labute approximate surface area is 160 Å². The van der Waals surface area contributed by atoms with Crippen molar-refractivity contribution in [3.05, 3.63) is 53.0 Å². The third-order valence-corrected chi connectivity index (χ3v) is 4.75. The summed E-state index contributed by atoms with van der Waals surface area (Å²) in [5.41, 5.74) is 1.63. The zero-order valence-electron chi connectivity index (χ0n) is 14.6. The highest BCUT2D eigenvalue weighted by molar-refractivity contribution is 8.18. The number of imidazole rings is 1. The maximum Gasteiger partial charge on any atom is 0.294 e. The molecule has 1 saturated heterocycles. The molecule has 8 nitrogen and oxygen atoms in total. The van der Waals surface area contributed by atoms with E-state index in [1.54, 1.807) is 50.0 Å². The van der Waals surface area contributed by atoms with Gasteiger partial charge < -0.3 is 15.0 Å². The molecule has 1 aromatic heterocycles. The molecule has 0 spiro atoms. The number of thioether (sulfide) groups is 1. The normalized spacial score (nSPS) is 15.4. The molecule has 0 saturated carbocycles. The van der Waals surface area contributed by atoms with E-state index in [-0.39, 0.29) is 17.4 Å². The van der Waals surface area contributed by atoms with Gasteiger partial charge in [0.2, 0.25) is 5.91 Å². The highest BCUT2D eigenvalue weighted by Gasteiger charge is 2.36. The first-order chi connectivity index (χ1) is 13.1. The van der Waals surface area contributed by atoms with E-state index in [4.69, 9.17) is 4.74 Å². The Balaban J connectivity index is 1.58. The van der Waals surface area contributed by atoms with E-state index < -0.39 is 11.1 Å². The fraction of sp³-hybridized carbons (Fsp3) is 0.222. The van der Waals surface area contributed by atoms with E-state index >= 15 is 0 Å². The van der Waals surface area contributed by atoms with Crippen molar-refractivity contribution in [1.82, 2.24) is 20.2 Å². The van der Waals surface area contributed by atoms with E-state index in [9.17, 15) is 14.4 Å². The van der Waals surface area contributed by atoms with Crippen molar-refractivity contribution < 1.29 is 19.1 Å².